The van der Waals surface area contributed by atoms with E-state index in [0.29, 0.717) is 18.4 Å². The van der Waals surface area contributed by atoms with E-state index < -0.39 is 0 Å². The third-order valence-electron chi connectivity index (χ3n) is 7.94. The predicted octanol–water partition coefficient (Wildman–Crippen LogP) is 7.33. The Labute approximate surface area is 250 Å². The summed E-state index contributed by atoms with van der Waals surface area (Å²) in [5.74, 6) is -0.171. The standard InChI is InChI=1S/C36H30N6O/c1-24-11-15-26(16-12-24)33-22-34(42(39-33)36(43)29-8-6-7-28(21-29)32-19-20-37-38-32)31-23-41(30-9-4-3-5-10-30)40-35(31)27-17-13-25(2)14-18-27/h3-18,20-21,23,34H,19,22H2,1-2H3. The normalized spacial score (nSPS) is 16.0. The summed E-state index contributed by atoms with van der Waals surface area (Å²) >= 11 is 0. The highest BCUT2D eigenvalue weighted by molar-refractivity contribution is 6.11. The van der Waals surface area contributed by atoms with Crippen LogP contribution in [-0.4, -0.2) is 38.3 Å². The van der Waals surface area contributed by atoms with Gasteiger partial charge in [-0.15, -0.1) is 0 Å². The molecule has 0 aliphatic carbocycles. The maximum atomic E-state index is 14.3. The molecule has 1 atom stereocenters. The molecule has 5 aromatic rings. The zero-order chi connectivity index (χ0) is 29.3. The second-order valence-electron chi connectivity index (χ2n) is 11.0. The summed E-state index contributed by atoms with van der Waals surface area (Å²) in [6.45, 7) is 4.14. The van der Waals surface area contributed by atoms with E-state index in [-0.39, 0.29) is 11.9 Å². The number of benzene rings is 4. The topological polar surface area (TPSA) is 75.2 Å². The van der Waals surface area contributed by atoms with Gasteiger partial charge >= 0.3 is 0 Å². The largest absolute Gasteiger partial charge is 0.274 e. The van der Waals surface area contributed by atoms with Crippen molar-refractivity contribution in [1.82, 2.24) is 14.8 Å². The van der Waals surface area contributed by atoms with E-state index in [0.717, 1.165) is 45.1 Å². The van der Waals surface area contributed by atoms with Crippen LogP contribution in [0.15, 0.2) is 125 Å². The third-order valence-corrected chi connectivity index (χ3v) is 7.94. The van der Waals surface area contributed by atoms with Crippen molar-refractivity contribution in [3.8, 4) is 16.9 Å². The quantitative estimate of drug-likeness (QED) is 0.217. The molecule has 7 heteroatoms. The zero-order valence-electron chi connectivity index (χ0n) is 24.1. The van der Waals surface area contributed by atoms with Crippen molar-refractivity contribution in [3.05, 3.63) is 143 Å². The van der Waals surface area contributed by atoms with Gasteiger partial charge in [0.15, 0.2) is 0 Å². The van der Waals surface area contributed by atoms with Gasteiger partial charge in [0.25, 0.3) is 5.91 Å². The summed E-state index contributed by atoms with van der Waals surface area (Å²) in [7, 11) is 0. The highest BCUT2D eigenvalue weighted by Gasteiger charge is 2.37. The van der Waals surface area contributed by atoms with Crippen LogP contribution in [0.25, 0.3) is 16.9 Å². The maximum Gasteiger partial charge on any atom is 0.274 e. The van der Waals surface area contributed by atoms with Crippen LogP contribution < -0.4 is 0 Å². The van der Waals surface area contributed by atoms with Crippen molar-refractivity contribution in [2.24, 2.45) is 15.3 Å². The highest BCUT2D eigenvalue weighted by atomic mass is 16.2. The van der Waals surface area contributed by atoms with Gasteiger partial charge in [-0.1, -0.05) is 90.0 Å². The number of carbonyl (C=O) groups is 1. The van der Waals surface area contributed by atoms with Crippen LogP contribution in [0.3, 0.4) is 0 Å². The molecule has 3 heterocycles. The van der Waals surface area contributed by atoms with E-state index in [1.807, 2.05) is 65.5 Å². The molecule has 0 spiro atoms. The van der Waals surface area contributed by atoms with Crippen LogP contribution in [0.1, 0.15) is 57.1 Å². The van der Waals surface area contributed by atoms with Crippen LogP contribution >= 0.6 is 0 Å². The second-order valence-corrected chi connectivity index (χ2v) is 11.0. The lowest BCUT2D eigenvalue weighted by Crippen LogP contribution is -2.27. The number of hydrogen-bond donors (Lipinski definition) is 0. The van der Waals surface area contributed by atoms with E-state index in [1.165, 1.54) is 11.1 Å². The number of aryl methyl sites for hydroxylation is 2. The van der Waals surface area contributed by atoms with Gasteiger partial charge in [0.2, 0.25) is 0 Å². The SMILES string of the molecule is Cc1ccc(C2=NN(C(=O)c3cccc(C4=NN=CC4)c3)C(c3cn(-c4ccccc4)nc3-c3ccc(C)cc3)C2)cc1. The fourth-order valence-electron chi connectivity index (χ4n) is 5.56. The minimum atomic E-state index is -0.353. The third kappa shape index (κ3) is 5.21. The lowest BCUT2D eigenvalue weighted by Gasteiger charge is -2.22. The molecule has 7 rings (SSSR count). The Kier molecular flexibility index (Phi) is 6.83. The van der Waals surface area contributed by atoms with E-state index in [2.05, 4.69) is 72.6 Å². The first kappa shape index (κ1) is 26.5. The Bertz CT molecular complexity index is 1900. The van der Waals surface area contributed by atoms with Crippen molar-refractivity contribution in [1.29, 1.82) is 0 Å². The molecule has 0 fully saturated rings. The van der Waals surface area contributed by atoms with Gasteiger partial charge < -0.3 is 0 Å². The fourth-order valence-corrected chi connectivity index (χ4v) is 5.56. The number of rotatable bonds is 6. The molecule has 0 radical (unpaired) electrons. The summed E-state index contributed by atoms with van der Waals surface area (Å²) < 4.78 is 1.90. The average Bonchev–Trinajstić information content (AvgIpc) is 3.82. The molecule has 2 aliphatic heterocycles. The fraction of sp³-hybridized carbons (Fsp3) is 0.139. The van der Waals surface area contributed by atoms with Crippen LogP contribution in [0.2, 0.25) is 0 Å². The minimum absolute atomic E-state index is 0.171. The van der Waals surface area contributed by atoms with E-state index in [4.69, 9.17) is 10.2 Å². The second kappa shape index (κ2) is 11.1. The molecule has 210 valence electrons. The van der Waals surface area contributed by atoms with E-state index in [1.54, 1.807) is 11.2 Å². The number of hydrazone groups is 1. The summed E-state index contributed by atoms with van der Waals surface area (Å²) in [6, 6.07) is 34.0. The van der Waals surface area contributed by atoms with Crippen molar-refractivity contribution < 1.29 is 4.79 Å². The Morgan fingerprint density at radius 3 is 2.19 bits per heavy atom. The summed E-state index contributed by atoms with van der Waals surface area (Å²) in [4.78, 5) is 14.3. The zero-order valence-corrected chi connectivity index (χ0v) is 24.1. The minimum Gasteiger partial charge on any atom is -0.267 e. The first-order chi connectivity index (χ1) is 21.0. The van der Waals surface area contributed by atoms with E-state index >= 15 is 0 Å². The van der Waals surface area contributed by atoms with Gasteiger partial charge in [-0.3, -0.25) is 4.79 Å². The van der Waals surface area contributed by atoms with Gasteiger partial charge in [0.05, 0.1) is 28.8 Å². The van der Waals surface area contributed by atoms with E-state index in [9.17, 15) is 4.79 Å². The molecule has 0 saturated heterocycles. The molecule has 2 aliphatic rings. The molecule has 1 amide bonds. The first-order valence-electron chi connectivity index (χ1n) is 14.4. The Morgan fingerprint density at radius 1 is 0.767 bits per heavy atom. The lowest BCUT2D eigenvalue weighted by atomic mass is 9.95. The Hall–Kier alpha value is -5.43. The number of nitrogens with zero attached hydrogens (tertiary/aromatic N) is 6. The molecule has 1 unspecified atom stereocenters. The number of carbonyl (C=O) groups excluding carboxylic acids is 1. The number of hydrogen-bond acceptors (Lipinski definition) is 5. The van der Waals surface area contributed by atoms with Gasteiger partial charge in [0, 0.05) is 41.9 Å². The molecule has 4 aromatic carbocycles. The van der Waals surface area contributed by atoms with Gasteiger partial charge in [-0.05, 0) is 49.2 Å². The van der Waals surface area contributed by atoms with Crippen LogP contribution in [0.4, 0.5) is 0 Å². The van der Waals surface area contributed by atoms with Gasteiger partial charge in [0.1, 0.15) is 0 Å². The van der Waals surface area contributed by atoms with Crippen LogP contribution in [-0.2, 0) is 0 Å². The average molecular weight is 563 g/mol. The van der Waals surface area contributed by atoms with Gasteiger partial charge in [-0.25, -0.2) is 9.69 Å². The molecule has 0 saturated carbocycles. The van der Waals surface area contributed by atoms with Crippen molar-refractivity contribution in [3.63, 3.8) is 0 Å². The van der Waals surface area contributed by atoms with Gasteiger partial charge in [-0.2, -0.15) is 20.4 Å². The van der Waals surface area contributed by atoms with Crippen LogP contribution in [0, 0.1) is 13.8 Å². The highest BCUT2D eigenvalue weighted by Crippen LogP contribution is 2.39. The molecule has 0 N–H and O–H groups in total. The van der Waals surface area contributed by atoms with Crippen molar-refractivity contribution in [2.45, 2.75) is 32.7 Å². The van der Waals surface area contributed by atoms with Crippen molar-refractivity contribution >= 4 is 23.5 Å². The smallest absolute Gasteiger partial charge is 0.267 e. The maximum absolute atomic E-state index is 14.3. The molecular formula is C36H30N6O. The number of para-hydroxylation sites is 1. The Morgan fingerprint density at radius 2 is 1.49 bits per heavy atom. The molecular weight excluding hydrogens is 532 g/mol. The number of aromatic nitrogens is 2. The number of amides is 1. The summed E-state index contributed by atoms with van der Waals surface area (Å²) in [6.07, 6.45) is 5.03. The summed E-state index contributed by atoms with van der Waals surface area (Å²) in [5, 5.41) is 19.9. The Balaban J connectivity index is 1.34. The first-order valence-corrected chi connectivity index (χ1v) is 14.4. The lowest BCUT2D eigenvalue weighted by molar-refractivity contribution is 0.0711. The molecule has 43 heavy (non-hydrogen) atoms. The van der Waals surface area contributed by atoms with Crippen LogP contribution in [0.5, 0.6) is 0 Å². The molecule has 0 bridgehead atoms. The summed E-state index contributed by atoms with van der Waals surface area (Å²) in [5.41, 5.74) is 10.2. The molecule has 7 nitrogen and oxygen atoms in total. The molecule has 1 aromatic heterocycles. The predicted molar refractivity (Wildman–Crippen MR) is 171 cm³/mol. The monoisotopic (exact) mass is 562 g/mol. The van der Waals surface area contributed by atoms with Crippen molar-refractivity contribution in [2.75, 3.05) is 0 Å².